The maximum absolute atomic E-state index is 12.5. The van der Waals surface area contributed by atoms with Crippen molar-refractivity contribution in [2.24, 2.45) is 0 Å². The van der Waals surface area contributed by atoms with E-state index in [1.165, 1.54) is 6.20 Å². The van der Waals surface area contributed by atoms with Crippen LogP contribution in [0.4, 0.5) is 0 Å². The SMILES string of the molecule is [B]N(Cc1cc2c(cn1)OCCO2)C1CCN(CCn2c(=O)cnc3ncc(OC)cc32)CC1. The van der Waals surface area contributed by atoms with Crippen LogP contribution in [-0.4, -0.2) is 83.2 Å². The van der Waals surface area contributed by atoms with E-state index >= 15 is 0 Å². The summed E-state index contributed by atoms with van der Waals surface area (Å²) in [4.78, 5) is 29.6. The second-order valence-corrected chi connectivity index (χ2v) is 8.53. The second-order valence-electron chi connectivity index (χ2n) is 8.53. The van der Waals surface area contributed by atoms with E-state index in [0.717, 1.165) is 43.9 Å². The molecule has 34 heavy (non-hydrogen) atoms. The number of fused-ring (bicyclic) bond motifs is 2. The molecular weight excluding hydrogens is 435 g/mol. The number of methoxy groups -OCH3 is 1. The molecule has 3 aromatic heterocycles. The van der Waals surface area contributed by atoms with Crippen molar-refractivity contribution >= 4 is 19.1 Å². The normalized spacial score (nSPS) is 16.8. The van der Waals surface area contributed by atoms with Gasteiger partial charge < -0.3 is 28.5 Å². The van der Waals surface area contributed by atoms with E-state index in [0.29, 0.717) is 49.0 Å². The highest BCUT2D eigenvalue weighted by atomic mass is 16.6. The van der Waals surface area contributed by atoms with Gasteiger partial charge in [-0.3, -0.25) is 9.78 Å². The van der Waals surface area contributed by atoms with Gasteiger partial charge in [0.25, 0.3) is 5.56 Å². The van der Waals surface area contributed by atoms with Crippen molar-refractivity contribution in [2.45, 2.75) is 32.0 Å². The number of piperidine rings is 1. The summed E-state index contributed by atoms with van der Waals surface area (Å²) in [5.74, 6) is 2.01. The molecule has 0 amide bonds. The third-order valence-corrected chi connectivity index (χ3v) is 6.41. The average Bonchev–Trinajstić information content (AvgIpc) is 2.88. The van der Waals surface area contributed by atoms with Gasteiger partial charge in [0.1, 0.15) is 19.0 Å². The number of nitrogens with zero attached hydrogens (tertiary/aromatic N) is 6. The first-order chi connectivity index (χ1) is 16.6. The summed E-state index contributed by atoms with van der Waals surface area (Å²) in [5.41, 5.74) is 1.94. The minimum Gasteiger partial charge on any atom is -0.495 e. The molecule has 11 heteroatoms. The van der Waals surface area contributed by atoms with Crippen molar-refractivity contribution in [3.8, 4) is 17.2 Å². The van der Waals surface area contributed by atoms with Crippen LogP contribution in [0.15, 0.2) is 35.5 Å². The molecule has 1 fully saturated rings. The topological polar surface area (TPSA) is 94.8 Å². The first-order valence-corrected chi connectivity index (χ1v) is 11.5. The Kier molecular flexibility index (Phi) is 6.64. The molecule has 10 nitrogen and oxygen atoms in total. The Bertz CT molecular complexity index is 1210. The molecule has 0 aromatic carbocycles. The Balaban J connectivity index is 1.16. The predicted molar refractivity (Wildman–Crippen MR) is 126 cm³/mol. The van der Waals surface area contributed by atoms with Gasteiger partial charge in [0.2, 0.25) is 0 Å². The fourth-order valence-electron chi connectivity index (χ4n) is 4.48. The molecule has 0 saturated carbocycles. The minimum absolute atomic E-state index is 0.141. The highest BCUT2D eigenvalue weighted by Gasteiger charge is 2.23. The highest BCUT2D eigenvalue weighted by Crippen LogP contribution is 2.30. The Morgan fingerprint density at radius 3 is 2.62 bits per heavy atom. The van der Waals surface area contributed by atoms with Gasteiger partial charge in [0.05, 0.1) is 36.9 Å². The van der Waals surface area contributed by atoms with E-state index < -0.39 is 0 Å². The predicted octanol–water partition coefficient (Wildman–Crippen LogP) is 1.02. The van der Waals surface area contributed by atoms with E-state index in [1.54, 1.807) is 30.1 Å². The van der Waals surface area contributed by atoms with Crippen LogP contribution in [0.5, 0.6) is 17.2 Å². The maximum atomic E-state index is 12.5. The largest absolute Gasteiger partial charge is 0.495 e. The van der Waals surface area contributed by atoms with Crippen molar-refractivity contribution < 1.29 is 14.2 Å². The van der Waals surface area contributed by atoms with E-state index in [2.05, 4.69) is 19.9 Å². The molecular formula is C23H27BN6O4. The van der Waals surface area contributed by atoms with Crippen LogP contribution in [0, 0.1) is 0 Å². The van der Waals surface area contributed by atoms with Gasteiger partial charge in [-0.05, 0) is 25.9 Å². The van der Waals surface area contributed by atoms with Crippen LogP contribution in [0.2, 0.25) is 0 Å². The average molecular weight is 462 g/mol. The lowest BCUT2D eigenvalue weighted by atomic mass is 9.99. The zero-order valence-electron chi connectivity index (χ0n) is 19.2. The van der Waals surface area contributed by atoms with Crippen molar-refractivity contribution in [2.75, 3.05) is 40.0 Å². The second kappa shape index (κ2) is 9.98. The Hall–Kier alpha value is -3.18. The number of hydrogen-bond acceptors (Lipinski definition) is 9. The van der Waals surface area contributed by atoms with Crippen LogP contribution < -0.4 is 19.8 Å². The van der Waals surface area contributed by atoms with E-state index in [1.807, 2.05) is 10.9 Å². The molecule has 2 aliphatic heterocycles. The monoisotopic (exact) mass is 462 g/mol. The van der Waals surface area contributed by atoms with Crippen LogP contribution >= 0.6 is 0 Å². The van der Waals surface area contributed by atoms with Gasteiger partial charge in [-0.25, -0.2) is 9.97 Å². The molecule has 5 heterocycles. The summed E-state index contributed by atoms with van der Waals surface area (Å²) in [6, 6.07) is 3.98. The van der Waals surface area contributed by atoms with Crippen molar-refractivity contribution in [3.05, 3.63) is 46.8 Å². The quantitative estimate of drug-likeness (QED) is 0.477. The number of pyridine rings is 2. The lowest BCUT2D eigenvalue weighted by Gasteiger charge is -2.37. The number of ether oxygens (including phenoxy) is 3. The van der Waals surface area contributed by atoms with E-state index in [9.17, 15) is 4.79 Å². The Morgan fingerprint density at radius 1 is 1.06 bits per heavy atom. The summed E-state index contributed by atoms with van der Waals surface area (Å²) >= 11 is 0. The van der Waals surface area contributed by atoms with Crippen LogP contribution in [0.25, 0.3) is 11.2 Å². The van der Waals surface area contributed by atoms with Gasteiger partial charge in [0, 0.05) is 37.8 Å². The number of hydrogen-bond donors (Lipinski definition) is 0. The van der Waals surface area contributed by atoms with Gasteiger partial charge in [-0.1, -0.05) is 0 Å². The Labute approximate surface area is 198 Å². The Morgan fingerprint density at radius 2 is 1.82 bits per heavy atom. The molecule has 0 atom stereocenters. The molecule has 1 saturated heterocycles. The van der Waals surface area contributed by atoms with Crippen LogP contribution in [0.3, 0.4) is 0 Å². The summed E-state index contributed by atoms with van der Waals surface area (Å²) in [6.45, 7) is 4.79. The first-order valence-electron chi connectivity index (χ1n) is 11.5. The molecule has 176 valence electrons. The molecule has 0 N–H and O–H groups in total. The van der Waals surface area contributed by atoms with E-state index in [4.69, 9.17) is 22.2 Å². The third kappa shape index (κ3) is 4.85. The van der Waals surface area contributed by atoms with Gasteiger partial charge in [-0.15, -0.1) is 0 Å². The van der Waals surface area contributed by atoms with Crippen LogP contribution in [-0.2, 0) is 13.1 Å². The molecule has 0 aliphatic carbocycles. The smallest absolute Gasteiger partial charge is 0.269 e. The molecule has 0 unspecified atom stereocenters. The summed E-state index contributed by atoms with van der Waals surface area (Å²) < 4.78 is 18.2. The molecule has 0 bridgehead atoms. The van der Waals surface area contributed by atoms with Crippen LogP contribution in [0.1, 0.15) is 18.5 Å². The fraction of sp³-hybridized carbons (Fsp3) is 0.478. The molecule has 2 radical (unpaired) electrons. The van der Waals surface area contributed by atoms with Gasteiger partial charge in [0.15, 0.2) is 25.1 Å². The van der Waals surface area contributed by atoms with Crippen molar-refractivity contribution in [1.29, 1.82) is 0 Å². The highest BCUT2D eigenvalue weighted by molar-refractivity contribution is 6.04. The summed E-state index contributed by atoms with van der Waals surface area (Å²) in [5, 5.41) is 0. The lowest BCUT2D eigenvalue weighted by molar-refractivity contribution is 0.153. The summed E-state index contributed by atoms with van der Waals surface area (Å²) in [6.07, 6.45) is 6.53. The van der Waals surface area contributed by atoms with Gasteiger partial charge in [-0.2, -0.15) is 0 Å². The van der Waals surface area contributed by atoms with Gasteiger partial charge >= 0.3 is 0 Å². The molecule has 5 rings (SSSR count). The minimum atomic E-state index is -0.141. The standard InChI is InChI=1S/C23H27BN6O4/c1-32-18-11-19-23(26-12-18)27-14-22(31)29(19)7-6-28-4-2-17(3-5-28)30(24)15-16-10-20-21(13-25-16)34-9-8-33-20/h10-14,17H,2-9,15H2,1H3. The zero-order valence-corrected chi connectivity index (χ0v) is 19.2. The van der Waals surface area contributed by atoms with Crippen molar-refractivity contribution in [3.63, 3.8) is 0 Å². The molecule has 0 spiro atoms. The molecule has 2 aliphatic rings. The number of rotatable bonds is 7. The van der Waals surface area contributed by atoms with Crippen molar-refractivity contribution in [1.82, 2.24) is 29.2 Å². The number of likely N-dealkylation sites (tertiary alicyclic amines) is 1. The number of aromatic nitrogens is 4. The summed E-state index contributed by atoms with van der Waals surface area (Å²) in [7, 11) is 7.99. The molecule has 3 aromatic rings. The first kappa shape index (κ1) is 22.6. The fourth-order valence-corrected chi connectivity index (χ4v) is 4.48. The van der Waals surface area contributed by atoms with E-state index in [-0.39, 0.29) is 11.6 Å². The maximum Gasteiger partial charge on any atom is 0.269 e. The third-order valence-electron chi connectivity index (χ3n) is 6.41. The zero-order chi connectivity index (χ0) is 23.5. The lowest BCUT2D eigenvalue weighted by Crippen LogP contribution is -2.44.